The predicted octanol–water partition coefficient (Wildman–Crippen LogP) is 5.59. The molecule has 2 spiro atoms. The van der Waals surface area contributed by atoms with Gasteiger partial charge in [0.1, 0.15) is 17.3 Å². The standard InChI is InChI=1S/C26H27Cl2FN2O3/c1-24(2)9-11-25(12-10-24)26(16-8-7-14(27)13-18(16)30-23(26)33)19(21(31-25)22(32)34-3)15-5-4-6-17(28)20(15)29/h4-8,13,19,21,31H,9-12H2,1-3H3,(H,30,33)/t19?,21-,26-/m1/s1. The number of ether oxygens (including phenoxy) is 1. The first-order valence-corrected chi connectivity index (χ1v) is 12.2. The lowest BCUT2D eigenvalue weighted by Crippen LogP contribution is -2.61. The summed E-state index contributed by atoms with van der Waals surface area (Å²) in [5.74, 6) is -2.32. The van der Waals surface area contributed by atoms with Gasteiger partial charge in [-0.15, -0.1) is 0 Å². The summed E-state index contributed by atoms with van der Waals surface area (Å²) in [6.07, 6.45) is 2.97. The van der Waals surface area contributed by atoms with Crippen LogP contribution in [0.15, 0.2) is 36.4 Å². The van der Waals surface area contributed by atoms with Crippen molar-refractivity contribution in [1.29, 1.82) is 0 Å². The summed E-state index contributed by atoms with van der Waals surface area (Å²) >= 11 is 12.5. The number of benzene rings is 2. The Morgan fingerprint density at radius 3 is 2.50 bits per heavy atom. The third kappa shape index (κ3) is 3.15. The molecule has 2 N–H and O–H groups in total. The molecular weight excluding hydrogens is 478 g/mol. The molecule has 34 heavy (non-hydrogen) atoms. The molecule has 3 atom stereocenters. The van der Waals surface area contributed by atoms with Gasteiger partial charge in [0.2, 0.25) is 5.91 Å². The Morgan fingerprint density at radius 1 is 1.12 bits per heavy atom. The smallest absolute Gasteiger partial charge is 0.323 e. The highest BCUT2D eigenvalue weighted by molar-refractivity contribution is 6.31. The van der Waals surface area contributed by atoms with Gasteiger partial charge in [-0.05, 0) is 60.4 Å². The number of fused-ring (bicyclic) bond motifs is 3. The minimum Gasteiger partial charge on any atom is -0.468 e. The maximum Gasteiger partial charge on any atom is 0.323 e. The number of carbonyl (C=O) groups is 2. The van der Waals surface area contributed by atoms with E-state index >= 15 is 4.39 Å². The zero-order valence-corrected chi connectivity index (χ0v) is 20.8. The average molecular weight is 505 g/mol. The number of halogens is 3. The number of anilines is 1. The predicted molar refractivity (Wildman–Crippen MR) is 130 cm³/mol. The van der Waals surface area contributed by atoms with E-state index in [2.05, 4.69) is 24.5 Å². The average Bonchev–Trinajstić information content (AvgIpc) is 3.25. The van der Waals surface area contributed by atoms with E-state index in [0.29, 0.717) is 29.1 Å². The van der Waals surface area contributed by atoms with Crippen LogP contribution < -0.4 is 10.6 Å². The van der Waals surface area contributed by atoms with Crippen LogP contribution in [0, 0.1) is 11.2 Å². The van der Waals surface area contributed by atoms with Gasteiger partial charge in [-0.3, -0.25) is 14.9 Å². The van der Waals surface area contributed by atoms with Crippen LogP contribution in [0.4, 0.5) is 10.1 Å². The highest BCUT2D eigenvalue weighted by atomic mass is 35.5. The number of methoxy groups -OCH3 is 1. The third-order valence-electron chi connectivity index (χ3n) is 8.23. The van der Waals surface area contributed by atoms with Gasteiger partial charge in [0.25, 0.3) is 0 Å². The molecule has 1 unspecified atom stereocenters. The van der Waals surface area contributed by atoms with Gasteiger partial charge in [0, 0.05) is 22.2 Å². The lowest BCUT2D eigenvalue weighted by atomic mass is 9.53. The highest BCUT2D eigenvalue weighted by Gasteiger charge is 2.73. The zero-order chi connectivity index (χ0) is 24.5. The second kappa shape index (κ2) is 7.94. The van der Waals surface area contributed by atoms with Gasteiger partial charge in [-0.2, -0.15) is 0 Å². The van der Waals surface area contributed by atoms with Crippen LogP contribution in [0.3, 0.4) is 0 Å². The van der Waals surface area contributed by atoms with Crippen LogP contribution in [0.5, 0.6) is 0 Å². The Kier molecular flexibility index (Phi) is 5.51. The normalized spacial score (nSPS) is 28.7. The number of hydrogen-bond donors (Lipinski definition) is 2. The quantitative estimate of drug-likeness (QED) is 0.523. The summed E-state index contributed by atoms with van der Waals surface area (Å²) in [5.41, 5.74) is -0.439. The molecule has 5 rings (SSSR count). The van der Waals surface area contributed by atoms with Crippen molar-refractivity contribution in [2.45, 2.75) is 62.4 Å². The largest absolute Gasteiger partial charge is 0.468 e. The van der Waals surface area contributed by atoms with E-state index in [1.54, 1.807) is 24.3 Å². The first-order chi connectivity index (χ1) is 16.1. The first kappa shape index (κ1) is 23.6. The van der Waals surface area contributed by atoms with Crippen molar-refractivity contribution in [3.63, 3.8) is 0 Å². The van der Waals surface area contributed by atoms with Crippen molar-refractivity contribution in [1.82, 2.24) is 5.32 Å². The Hall–Kier alpha value is -2.15. The van der Waals surface area contributed by atoms with E-state index in [9.17, 15) is 9.59 Å². The number of amides is 1. The Balaban J connectivity index is 1.83. The van der Waals surface area contributed by atoms with E-state index < -0.39 is 34.7 Å². The minimum atomic E-state index is -1.26. The highest BCUT2D eigenvalue weighted by Crippen LogP contribution is 2.64. The van der Waals surface area contributed by atoms with E-state index in [0.717, 1.165) is 12.8 Å². The van der Waals surface area contributed by atoms with Crippen LogP contribution in [0.2, 0.25) is 10.0 Å². The number of nitrogens with one attached hydrogen (secondary N) is 2. The summed E-state index contributed by atoms with van der Waals surface area (Å²) in [7, 11) is 1.31. The molecule has 0 aromatic heterocycles. The molecule has 1 aliphatic carbocycles. The fourth-order valence-corrected chi connectivity index (χ4v) is 6.87. The van der Waals surface area contributed by atoms with Crippen LogP contribution >= 0.6 is 23.2 Å². The Labute approximate surface area is 208 Å². The van der Waals surface area contributed by atoms with Crippen molar-refractivity contribution < 1.29 is 18.7 Å². The van der Waals surface area contributed by atoms with Crippen molar-refractivity contribution in [3.8, 4) is 0 Å². The number of rotatable bonds is 2. The third-order valence-corrected chi connectivity index (χ3v) is 8.76. The topological polar surface area (TPSA) is 67.4 Å². The van der Waals surface area contributed by atoms with E-state index in [1.807, 2.05) is 6.07 Å². The van der Waals surface area contributed by atoms with Crippen molar-refractivity contribution >= 4 is 40.8 Å². The Bertz CT molecular complexity index is 1190. The SMILES string of the molecule is COC(=O)[C@@H]1NC2(CCC(C)(C)CC2)[C@@]2(C(=O)Nc3cc(Cl)ccc32)C1c1cccc(Cl)c1F. The van der Waals surface area contributed by atoms with E-state index in [4.69, 9.17) is 27.9 Å². The van der Waals surface area contributed by atoms with Crippen molar-refractivity contribution in [2.75, 3.05) is 12.4 Å². The van der Waals surface area contributed by atoms with Gasteiger partial charge < -0.3 is 10.1 Å². The van der Waals surface area contributed by atoms with E-state index in [1.165, 1.54) is 13.2 Å². The zero-order valence-electron chi connectivity index (χ0n) is 19.3. The van der Waals surface area contributed by atoms with Gasteiger partial charge >= 0.3 is 5.97 Å². The van der Waals surface area contributed by atoms with E-state index in [-0.39, 0.29) is 21.9 Å². The fraction of sp³-hybridized carbons (Fsp3) is 0.462. The van der Waals surface area contributed by atoms with Crippen LogP contribution in [0.1, 0.15) is 56.6 Å². The number of hydrogen-bond acceptors (Lipinski definition) is 4. The summed E-state index contributed by atoms with van der Waals surface area (Å²) in [4.78, 5) is 27.3. The summed E-state index contributed by atoms with van der Waals surface area (Å²) < 4.78 is 20.8. The van der Waals surface area contributed by atoms with Gasteiger partial charge in [0.05, 0.1) is 12.1 Å². The molecular formula is C26H27Cl2FN2O3. The summed E-state index contributed by atoms with van der Waals surface area (Å²) in [6, 6.07) is 9.05. The molecule has 2 heterocycles. The van der Waals surface area contributed by atoms with Gasteiger partial charge in [-0.1, -0.05) is 55.2 Å². The van der Waals surface area contributed by atoms with Crippen molar-refractivity contribution in [3.05, 3.63) is 63.4 Å². The molecule has 2 aliphatic heterocycles. The second-order valence-corrected chi connectivity index (χ2v) is 11.3. The molecule has 2 aromatic rings. The Morgan fingerprint density at radius 2 is 1.82 bits per heavy atom. The molecule has 180 valence electrons. The molecule has 2 fully saturated rings. The molecule has 1 saturated heterocycles. The molecule has 3 aliphatic rings. The molecule has 1 saturated carbocycles. The fourth-order valence-electron chi connectivity index (χ4n) is 6.52. The molecule has 5 nitrogen and oxygen atoms in total. The summed E-state index contributed by atoms with van der Waals surface area (Å²) in [5, 5.41) is 6.96. The maximum absolute atomic E-state index is 15.6. The lowest BCUT2D eigenvalue weighted by molar-refractivity contribution is -0.143. The molecule has 8 heteroatoms. The molecule has 1 amide bonds. The van der Waals surface area contributed by atoms with Gasteiger partial charge in [0.15, 0.2) is 0 Å². The maximum atomic E-state index is 15.6. The van der Waals surface area contributed by atoms with Gasteiger partial charge in [-0.25, -0.2) is 4.39 Å². The molecule has 0 radical (unpaired) electrons. The lowest BCUT2D eigenvalue weighted by Gasteiger charge is -2.50. The molecule has 2 aromatic carbocycles. The molecule has 0 bridgehead atoms. The summed E-state index contributed by atoms with van der Waals surface area (Å²) in [6.45, 7) is 4.41. The van der Waals surface area contributed by atoms with Crippen LogP contribution in [-0.4, -0.2) is 30.6 Å². The monoisotopic (exact) mass is 504 g/mol. The van der Waals surface area contributed by atoms with Crippen LogP contribution in [0.25, 0.3) is 0 Å². The van der Waals surface area contributed by atoms with Crippen molar-refractivity contribution in [2.24, 2.45) is 5.41 Å². The second-order valence-electron chi connectivity index (χ2n) is 10.5. The number of esters is 1. The van der Waals surface area contributed by atoms with Crippen LogP contribution in [-0.2, 0) is 19.7 Å². The minimum absolute atomic E-state index is 0.0586. The number of carbonyl (C=O) groups excluding carboxylic acids is 2. The first-order valence-electron chi connectivity index (χ1n) is 11.5.